The molecule has 2 unspecified atom stereocenters. The van der Waals surface area contributed by atoms with Gasteiger partial charge >= 0.3 is 90.3 Å². The van der Waals surface area contributed by atoms with Crippen molar-refractivity contribution in [2.75, 3.05) is 10.8 Å². The molecule has 2 atom stereocenters. The first-order chi connectivity index (χ1) is 20.5. The second-order valence-electron chi connectivity index (χ2n) is 13.7. The van der Waals surface area contributed by atoms with E-state index in [1.165, 1.54) is 48.1 Å². The van der Waals surface area contributed by atoms with E-state index < -0.39 is 0 Å². The van der Waals surface area contributed by atoms with Gasteiger partial charge in [-0.25, -0.2) is 0 Å². The number of halogens is 2. The molecule has 1 aliphatic carbocycles. The number of aryl methyl sites for hydroxylation is 1. The van der Waals surface area contributed by atoms with Crippen LogP contribution in [0.15, 0.2) is 66.7 Å². The fraction of sp³-hybridized carbons (Fsp3) is 0.500. The SMILES string of the molecule is CC(C)Oc1ccccc1[CH]=[Ru][Cl].CC(C)c1cccc(C(C)C)c1N1C(CCl)C2(CCCc3ccccc32)CC1(C)C. The van der Waals surface area contributed by atoms with Crippen molar-refractivity contribution in [3.8, 4) is 5.75 Å². The van der Waals surface area contributed by atoms with Gasteiger partial charge in [0.1, 0.15) is 0 Å². The van der Waals surface area contributed by atoms with Gasteiger partial charge in [0.25, 0.3) is 0 Å². The van der Waals surface area contributed by atoms with Crippen molar-refractivity contribution in [3.05, 3.63) is 94.5 Å². The number of nitrogens with zero attached hydrogens (tertiary/aromatic N) is 1. The molecule has 2 nitrogen and oxygen atoms in total. The Kier molecular flexibility index (Phi) is 11.6. The molecule has 0 radical (unpaired) electrons. The summed E-state index contributed by atoms with van der Waals surface area (Å²) in [7, 11) is 5.72. The number of hydrogen-bond acceptors (Lipinski definition) is 2. The molecule has 5 heteroatoms. The quantitative estimate of drug-likeness (QED) is 0.179. The number of hydrogen-bond donors (Lipinski definition) is 0. The van der Waals surface area contributed by atoms with E-state index in [0.717, 1.165) is 11.3 Å². The zero-order valence-corrected chi connectivity index (χ0v) is 30.5. The molecule has 1 fully saturated rings. The standard InChI is InChI=1S/C28H38ClN.C10H12O.ClH.Ru/c1-19(2)22-13-9-14-23(20(3)4)26(22)30-25(17-29)28(18-27(30,5)6)16-10-12-21-11-7-8-15-24(21)28;1-8(2)11-10-7-5-4-6-9(10)3;;/h7-9,11,13-15,19-20,25H,10,12,16-18H2,1-6H3;3-8H,1-2H3;1H;/q;;;+1/p-1. The molecule has 0 N–H and O–H groups in total. The zero-order chi connectivity index (χ0) is 31.4. The molecule has 0 bridgehead atoms. The summed E-state index contributed by atoms with van der Waals surface area (Å²) in [6.45, 7) is 18.2. The molecule has 1 spiro atoms. The Morgan fingerprint density at radius 3 is 2.14 bits per heavy atom. The summed E-state index contributed by atoms with van der Waals surface area (Å²) in [5.41, 5.74) is 8.78. The van der Waals surface area contributed by atoms with Gasteiger partial charge < -0.3 is 4.90 Å². The summed E-state index contributed by atoms with van der Waals surface area (Å²) < 4.78 is 7.66. The predicted octanol–water partition coefficient (Wildman–Crippen LogP) is 10.7. The first kappa shape index (κ1) is 34.2. The third-order valence-corrected chi connectivity index (χ3v) is 10.6. The van der Waals surface area contributed by atoms with Crippen LogP contribution in [-0.2, 0) is 27.5 Å². The number of rotatable bonds is 7. The van der Waals surface area contributed by atoms with Gasteiger partial charge in [0.2, 0.25) is 0 Å². The van der Waals surface area contributed by atoms with Gasteiger partial charge in [-0.2, -0.15) is 0 Å². The summed E-state index contributed by atoms with van der Waals surface area (Å²) in [6.07, 6.45) is 5.07. The average molecular weight is 709 g/mol. The predicted molar refractivity (Wildman–Crippen MR) is 185 cm³/mol. The fourth-order valence-electron chi connectivity index (χ4n) is 7.56. The van der Waals surface area contributed by atoms with Crippen molar-refractivity contribution in [1.82, 2.24) is 0 Å². The van der Waals surface area contributed by atoms with Gasteiger partial charge in [0.15, 0.2) is 0 Å². The monoisotopic (exact) mass is 708 g/mol. The van der Waals surface area contributed by atoms with Gasteiger partial charge in [-0.05, 0) is 73.6 Å². The molecule has 43 heavy (non-hydrogen) atoms. The smallest absolute Gasteiger partial charge is 0.0528 e. The summed E-state index contributed by atoms with van der Waals surface area (Å²) in [5.74, 6) is 2.57. The van der Waals surface area contributed by atoms with Crippen LogP contribution in [0.4, 0.5) is 5.69 Å². The van der Waals surface area contributed by atoms with E-state index in [0.29, 0.717) is 23.8 Å². The first-order valence-corrected chi connectivity index (χ1v) is 19.6. The minimum Gasteiger partial charge on any atom is -0.361 e. The van der Waals surface area contributed by atoms with E-state index in [4.69, 9.17) is 26.0 Å². The molecular weight excluding hydrogens is 658 g/mol. The van der Waals surface area contributed by atoms with Gasteiger partial charge in [-0.3, -0.25) is 0 Å². The van der Waals surface area contributed by atoms with Crippen LogP contribution in [0.3, 0.4) is 0 Å². The van der Waals surface area contributed by atoms with E-state index >= 15 is 0 Å². The van der Waals surface area contributed by atoms with Crippen molar-refractivity contribution in [2.45, 2.75) is 116 Å². The third kappa shape index (κ3) is 7.26. The summed E-state index contributed by atoms with van der Waals surface area (Å²) in [5, 5.41) is 0. The third-order valence-electron chi connectivity index (χ3n) is 9.13. The second kappa shape index (κ2) is 14.6. The largest absolute Gasteiger partial charge is 0.361 e. The van der Waals surface area contributed by atoms with Gasteiger partial charge in [0, 0.05) is 22.5 Å². The topological polar surface area (TPSA) is 12.5 Å². The van der Waals surface area contributed by atoms with E-state index in [-0.39, 0.29) is 32.7 Å². The summed E-state index contributed by atoms with van der Waals surface area (Å²) in [6, 6.07) is 24.4. The fourth-order valence-corrected chi connectivity index (χ4v) is 9.10. The number of alkyl halides is 1. The summed E-state index contributed by atoms with van der Waals surface area (Å²) in [4.78, 5) is 2.76. The maximum absolute atomic E-state index is 6.89. The van der Waals surface area contributed by atoms with Crippen LogP contribution in [0.25, 0.3) is 0 Å². The minimum absolute atomic E-state index is 0.0542. The number of ether oxygens (including phenoxy) is 1. The minimum atomic E-state index is -0.191. The maximum Gasteiger partial charge on any atom is 0.0528 e. The molecule has 0 aromatic heterocycles. The number of benzene rings is 3. The summed E-state index contributed by atoms with van der Waals surface area (Å²) >= 11 is 6.70. The van der Waals surface area contributed by atoms with Gasteiger partial charge in [-0.15, -0.1) is 11.6 Å². The molecule has 5 rings (SSSR count). The van der Waals surface area contributed by atoms with E-state index in [1.807, 2.05) is 42.7 Å². The first-order valence-electron chi connectivity index (χ1n) is 15.8. The van der Waals surface area contributed by atoms with Crippen LogP contribution >= 0.6 is 21.3 Å². The molecule has 0 amide bonds. The molecule has 3 aromatic carbocycles. The number of anilines is 1. The van der Waals surface area contributed by atoms with E-state index in [1.54, 1.807) is 5.56 Å². The van der Waals surface area contributed by atoms with Crippen LogP contribution < -0.4 is 9.64 Å². The zero-order valence-electron chi connectivity index (χ0n) is 27.2. The Bertz CT molecular complexity index is 1370. The Hall–Kier alpha value is -1.67. The Morgan fingerprint density at radius 1 is 0.907 bits per heavy atom. The van der Waals surface area contributed by atoms with Crippen LogP contribution in [0.2, 0.25) is 0 Å². The molecule has 2 aliphatic rings. The normalized spacial score (nSPS) is 21.2. The molecule has 3 aromatic rings. The molecule has 0 saturated carbocycles. The van der Waals surface area contributed by atoms with Crippen LogP contribution in [0.5, 0.6) is 5.75 Å². The molecule has 1 aliphatic heterocycles. The Morgan fingerprint density at radius 2 is 1.53 bits per heavy atom. The van der Waals surface area contributed by atoms with Crippen LogP contribution in [-0.4, -0.2) is 28.2 Å². The number of para-hydroxylation sites is 2. The molecular formula is C38H50Cl2NORu. The Labute approximate surface area is 277 Å². The maximum atomic E-state index is 6.89. The second-order valence-corrected chi connectivity index (χ2v) is 15.8. The van der Waals surface area contributed by atoms with Crippen LogP contribution in [0, 0.1) is 0 Å². The average Bonchev–Trinajstić information content (AvgIpc) is 3.19. The van der Waals surface area contributed by atoms with Crippen molar-refractivity contribution in [3.63, 3.8) is 0 Å². The van der Waals surface area contributed by atoms with Crippen LogP contribution in [0.1, 0.15) is 114 Å². The van der Waals surface area contributed by atoms with Crippen molar-refractivity contribution in [2.24, 2.45) is 0 Å². The molecule has 1 saturated heterocycles. The molecule has 1 heterocycles. The van der Waals surface area contributed by atoms with Crippen molar-refractivity contribution < 1.29 is 20.4 Å². The Balaban J connectivity index is 0.000000273. The number of fused-ring (bicyclic) bond motifs is 2. The van der Waals surface area contributed by atoms with E-state index in [9.17, 15) is 0 Å². The van der Waals surface area contributed by atoms with Gasteiger partial charge in [0.05, 0.1) is 6.04 Å². The van der Waals surface area contributed by atoms with Gasteiger partial charge in [-0.1, -0.05) is 70.2 Å². The van der Waals surface area contributed by atoms with E-state index in [2.05, 4.69) is 88.9 Å². The van der Waals surface area contributed by atoms with Crippen molar-refractivity contribution >= 4 is 31.6 Å². The molecule has 235 valence electrons. The van der Waals surface area contributed by atoms with Crippen molar-refractivity contribution in [1.29, 1.82) is 0 Å².